The van der Waals surface area contributed by atoms with Crippen molar-refractivity contribution < 1.29 is 9.63 Å². The van der Waals surface area contributed by atoms with Gasteiger partial charge in [0.2, 0.25) is 0 Å². The lowest BCUT2D eigenvalue weighted by Gasteiger charge is -2.03. The van der Waals surface area contributed by atoms with Crippen LogP contribution >= 0.6 is 11.8 Å². The van der Waals surface area contributed by atoms with E-state index in [4.69, 9.17) is 4.52 Å². The summed E-state index contributed by atoms with van der Waals surface area (Å²) in [6.45, 7) is 5.84. The minimum Gasteiger partial charge on any atom is -0.508 e. The van der Waals surface area contributed by atoms with Crippen molar-refractivity contribution in [1.29, 1.82) is 0 Å². The van der Waals surface area contributed by atoms with Crippen LogP contribution in [0.15, 0.2) is 27.6 Å². The van der Waals surface area contributed by atoms with Gasteiger partial charge in [0.05, 0.1) is 5.69 Å². The molecule has 90 valence electrons. The van der Waals surface area contributed by atoms with Crippen molar-refractivity contribution in [1.82, 2.24) is 5.16 Å². The minimum absolute atomic E-state index is 0.311. The zero-order valence-corrected chi connectivity index (χ0v) is 11.0. The molecule has 0 saturated carbocycles. The summed E-state index contributed by atoms with van der Waals surface area (Å²) in [6.07, 6.45) is 0. The molecule has 0 spiro atoms. The van der Waals surface area contributed by atoms with E-state index in [1.807, 2.05) is 20.8 Å². The number of aromatic hydroxyl groups is 1. The third-order valence-electron chi connectivity index (χ3n) is 2.60. The van der Waals surface area contributed by atoms with Gasteiger partial charge in [-0.1, -0.05) is 5.16 Å². The fourth-order valence-corrected chi connectivity index (χ4v) is 2.87. The Morgan fingerprint density at radius 2 is 2.00 bits per heavy atom. The van der Waals surface area contributed by atoms with Gasteiger partial charge in [0.15, 0.2) is 0 Å². The second kappa shape index (κ2) is 4.84. The molecule has 0 bridgehead atoms. The summed E-state index contributed by atoms with van der Waals surface area (Å²) in [6, 6.07) is 5.58. The predicted octanol–water partition coefficient (Wildman–Crippen LogP) is 3.60. The lowest BCUT2D eigenvalue weighted by molar-refractivity contribution is 0.392. The Morgan fingerprint density at radius 3 is 2.59 bits per heavy atom. The molecule has 0 radical (unpaired) electrons. The van der Waals surface area contributed by atoms with Crippen LogP contribution in [-0.4, -0.2) is 10.3 Å². The van der Waals surface area contributed by atoms with Crippen LogP contribution in [-0.2, 0) is 5.75 Å². The first-order valence-corrected chi connectivity index (χ1v) is 6.40. The molecule has 1 aromatic heterocycles. The molecule has 0 aliphatic carbocycles. The molecule has 2 aromatic rings. The summed E-state index contributed by atoms with van der Waals surface area (Å²) < 4.78 is 5.12. The SMILES string of the molecule is Cc1cc(O)cc(SCc2c(C)noc2C)c1. The van der Waals surface area contributed by atoms with Crippen LogP contribution in [0.25, 0.3) is 0 Å². The van der Waals surface area contributed by atoms with E-state index < -0.39 is 0 Å². The molecule has 4 heteroatoms. The number of phenolic OH excluding ortho intramolecular Hbond substituents is 1. The molecule has 2 rings (SSSR count). The zero-order chi connectivity index (χ0) is 12.4. The summed E-state index contributed by atoms with van der Waals surface area (Å²) in [4.78, 5) is 1.06. The van der Waals surface area contributed by atoms with Gasteiger partial charge in [0, 0.05) is 16.2 Å². The molecule has 0 saturated heterocycles. The lowest BCUT2D eigenvalue weighted by atomic mass is 10.2. The van der Waals surface area contributed by atoms with E-state index in [0.29, 0.717) is 5.75 Å². The predicted molar refractivity (Wildman–Crippen MR) is 68.4 cm³/mol. The summed E-state index contributed by atoms with van der Waals surface area (Å²) in [5.74, 6) is 1.99. The van der Waals surface area contributed by atoms with Crippen molar-refractivity contribution in [2.24, 2.45) is 0 Å². The first-order chi connectivity index (χ1) is 8.06. The Bertz CT molecular complexity index is 494. The minimum atomic E-state index is 0.311. The van der Waals surface area contributed by atoms with Gasteiger partial charge in [-0.2, -0.15) is 0 Å². The fourth-order valence-electron chi connectivity index (χ4n) is 1.68. The highest BCUT2D eigenvalue weighted by Gasteiger charge is 2.09. The van der Waals surface area contributed by atoms with Gasteiger partial charge in [-0.25, -0.2) is 0 Å². The van der Waals surface area contributed by atoms with E-state index in [9.17, 15) is 5.11 Å². The van der Waals surface area contributed by atoms with Crippen molar-refractivity contribution in [3.05, 3.63) is 40.8 Å². The van der Waals surface area contributed by atoms with Crippen LogP contribution < -0.4 is 0 Å². The second-order valence-electron chi connectivity index (χ2n) is 4.10. The topological polar surface area (TPSA) is 46.3 Å². The van der Waals surface area contributed by atoms with E-state index in [1.54, 1.807) is 23.9 Å². The molecule has 1 aromatic carbocycles. The van der Waals surface area contributed by atoms with Gasteiger partial charge < -0.3 is 9.63 Å². The number of rotatable bonds is 3. The van der Waals surface area contributed by atoms with Gasteiger partial charge in [0.1, 0.15) is 11.5 Å². The summed E-state index contributed by atoms with van der Waals surface area (Å²) in [5.41, 5.74) is 3.13. The van der Waals surface area contributed by atoms with Crippen LogP contribution in [0.5, 0.6) is 5.75 Å². The molecule has 0 fully saturated rings. The molecule has 17 heavy (non-hydrogen) atoms. The molecule has 0 amide bonds. The zero-order valence-electron chi connectivity index (χ0n) is 10.2. The Labute approximate surface area is 105 Å². The van der Waals surface area contributed by atoms with E-state index in [1.165, 1.54) is 0 Å². The number of hydrogen-bond acceptors (Lipinski definition) is 4. The normalized spacial score (nSPS) is 10.8. The van der Waals surface area contributed by atoms with E-state index in [2.05, 4.69) is 11.2 Å². The average molecular weight is 249 g/mol. The van der Waals surface area contributed by atoms with Crippen molar-refractivity contribution >= 4 is 11.8 Å². The summed E-state index contributed by atoms with van der Waals surface area (Å²) in [5, 5.41) is 13.4. The van der Waals surface area contributed by atoms with Gasteiger partial charge >= 0.3 is 0 Å². The van der Waals surface area contributed by atoms with Crippen LogP contribution in [0.4, 0.5) is 0 Å². The molecule has 1 N–H and O–H groups in total. The van der Waals surface area contributed by atoms with Crippen molar-refractivity contribution in [3.8, 4) is 5.75 Å². The Hall–Kier alpha value is -1.42. The van der Waals surface area contributed by atoms with Crippen LogP contribution in [0.3, 0.4) is 0 Å². The van der Waals surface area contributed by atoms with Crippen LogP contribution in [0, 0.1) is 20.8 Å². The van der Waals surface area contributed by atoms with Gasteiger partial charge in [-0.15, -0.1) is 11.8 Å². The Morgan fingerprint density at radius 1 is 1.24 bits per heavy atom. The molecule has 1 heterocycles. The maximum absolute atomic E-state index is 9.52. The largest absolute Gasteiger partial charge is 0.508 e. The molecule has 0 aliphatic rings. The first-order valence-electron chi connectivity index (χ1n) is 5.41. The number of hydrogen-bond donors (Lipinski definition) is 1. The van der Waals surface area contributed by atoms with Gasteiger partial charge in [-0.05, 0) is 44.5 Å². The lowest BCUT2D eigenvalue weighted by Crippen LogP contribution is -1.85. The van der Waals surface area contributed by atoms with Crippen molar-refractivity contribution in [3.63, 3.8) is 0 Å². The maximum Gasteiger partial charge on any atom is 0.137 e. The number of phenols is 1. The average Bonchev–Trinajstić information content (AvgIpc) is 2.55. The molecule has 3 nitrogen and oxygen atoms in total. The van der Waals surface area contributed by atoms with Gasteiger partial charge in [-0.3, -0.25) is 0 Å². The second-order valence-corrected chi connectivity index (χ2v) is 5.14. The quantitative estimate of drug-likeness (QED) is 0.844. The van der Waals surface area contributed by atoms with E-state index >= 15 is 0 Å². The standard InChI is InChI=1S/C13H15NO2S/c1-8-4-11(15)6-12(5-8)17-7-13-9(2)14-16-10(13)3/h4-6,15H,7H2,1-3H3. The molecular formula is C13H15NO2S. The van der Waals surface area contributed by atoms with Crippen LogP contribution in [0.2, 0.25) is 0 Å². The maximum atomic E-state index is 9.52. The Balaban J connectivity index is 2.12. The number of aryl methyl sites for hydroxylation is 3. The Kier molecular flexibility index (Phi) is 3.43. The molecule has 0 atom stereocenters. The van der Waals surface area contributed by atoms with Crippen molar-refractivity contribution in [2.45, 2.75) is 31.4 Å². The smallest absolute Gasteiger partial charge is 0.137 e. The number of thioether (sulfide) groups is 1. The monoisotopic (exact) mass is 249 g/mol. The van der Waals surface area contributed by atoms with Crippen molar-refractivity contribution in [2.75, 3.05) is 0 Å². The van der Waals surface area contributed by atoms with E-state index in [-0.39, 0.29) is 0 Å². The highest BCUT2D eigenvalue weighted by atomic mass is 32.2. The number of benzene rings is 1. The first kappa shape index (κ1) is 12.0. The fraction of sp³-hybridized carbons (Fsp3) is 0.308. The highest BCUT2D eigenvalue weighted by Crippen LogP contribution is 2.29. The molecule has 0 unspecified atom stereocenters. The molecule has 0 aliphatic heterocycles. The third kappa shape index (κ3) is 2.82. The highest BCUT2D eigenvalue weighted by molar-refractivity contribution is 7.98. The van der Waals surface area contributed by atoms with Gasteiger partial charge in [0.25, 0.3) is 0 Å². The number of aromatic nitrogens is 1. The molecular weight excluding hydrogens is 234 g/mol. The number of nitrogens with zero attached hydrogens (tertiary/aromatic N) is 1. The summed E-state index contributed by atoms with van der Waals surface area (Å²) >= 11 is 1.67. The third-order valence-corrected chi connectivity index (χ3v) is 3.60. The van der Waals surface area contributed by atoms with E-state index in [0.717, 1.165) is 33.2 Å². The van der Waals surface area contributed by atoms with Crippen LogP contribution in [0.1, 0.15) is 22.6 Å². The summed E-state index contributed by atoms with van der Waals surface area (Å²) in [7, 11) is 0.